The average molecular weight is 1080 g/mol. The number of nitrogens with one attached hydrogen (secondary N) is 1. The number of ether oxygens (including phenoxy) is 4. The lowest BCUT2D eigenvalue weighted by molar-refractivity contribution is -0.256. The number of allylic oxidation sites excluding steroid dienone is 1. The maximum absolute atomic E-state index is 13.6. The summed E-state index contributed by atoms with van der Waals surface area (Å²) in [7, 11) is -2.85. The summed E-state index contributed by atoms with van der Waals surface area (Å²) in [4.78, 5) is 13.6. The first-order chi connectivity index (χ1) is 38.7. The first kappa shape index (κ1) is 64.9. The molecule has 1 N–H and O–H groups in total. The molecular formula is C72H77NO6Si. The maximum atomic E-state index is 13.6. The van der Waals surface area contributed by atoms with Gasteiger partial charge < -0.3 is 28.7 Å². The molecule has 2 aromatic rings. The second-order valence-corrected chi connectivity index (χ2v) is 25.4. The van der Waals surface area contributed by atoms with Gasteiger partial charge in [-0.05, 0) is 156 Å². The van der Waals surface area contributed by atoms with Crippen molar-refractivity contribution in [3.8, 4) is 142 Å². The van der Waals surface area contributed by atoms with E-state index in [0.29, 0.717) is 6.61 Å². The molecule has 8 heteroatoms. The van der Waals surface area contributed by atoms with E-state index in [-0.39, 0.29) is 35.5 Å². The fourth-order valence-electron chi connectivity index (χ4n) is 9.49. The second-order valence-electron chi connectivity index (χ2n) is 21.1. The van der Waals surface area contributed by atoms with Crippen LogP contribution in [0.3, 0.4) is 0 Å². The van der Waals surface area contributed by atoms with Crippen molar-refractivity contribution >= 4 is 24.6 Å². The number of amides is 1. The van der Waals surface area contributed by atoms with Crippen molar-refractivity contribution in [3.63, 3.8) is 0 Å². The molecule has 2 heterocycles. The van der Waals surface area contributed by atoms with Crippen LogP contribution in [-0.4, -0.2) is 63.9 Å². The fraction of sp³-hybridized carbons (Fsp3) is 0.458. The minimum atomic E-state index is -2.85. The Labute approximate surface area is 482 Å². The Kier molecular flexibility index (Phi) is 29.6. The normalized spacial score (nSPS) is 19.4. The van der Waals surface area contributed by atoms with Gasteiger partial charge in [-0.2, -0.15) is 0 Å². The van der Waals surface area contributed by atoms with Crippen molar-refractivity contribution in [2.24, 2.45) is 17.8 Å². The number of carbonyl (C=O) groups is 1. The average Bonchev–Trinajstić information content (AvgIpc) is 3.94. The summed E-state index contributed by atoms with van der Waals surface area (Å²) in [6, 6.07) is 20.6. The van der Waals surface area contributed by atoms with Gasteiger partial charge in [0.1, 0.15) is 12.2 Å². The molecule has 80 heavy (non-hydrogen) atoms. The number of rotatable bonds is 22. The molecule has 2 saturated heterocycles. The van der Waals surface area contributed by atoms with E-state index < -0.39 is 44.6 Å². The summed E-state index contributed by atoms with van der Waals surface area (Å²) >= 11 is 0. The first-order valence-corrected chi connectivity index (χ1v) is 29.9. The highest BCUT2D eigenvalue weighted by atomic mass is 28.4. The van der Waals surface area contributed by atoms with Crippen LogP contribution in [0.2, 0.25) is 5.04 Å². The Morgan fingerprint density at radius 2 is 1.07 bits per heavy atom. The van der Waals surface area contributed by atoms with Gasteiger partial charge >= 0.3 is 0 Å². The van der Waals surface area contributed by atoms with Crippen LogP contribution in [0.15, 0.2) is 72.8 Å². The van der Waals surface area contributed by atoms with Gasteiger partial charge in [0.25, 0.3) is 14.2 Å². The minimum Gasteiger partial charge on any atom is -0.405 e. The molecule has 0 aliphatic carbocycles. The van der Waals surface area contributed by atoms with Crippen LogP contribution in [0, 0.1) is 160 Å². The standard InChI is InChI=1S/C72H77NO6Si/c1-11-13-15-17-19-21-23-25-26-27-28-29-30-31-32-33-34-35-37-39-41-43-51-57-68(74)73-65(69-66(78-72(9,10)79-69)56-50-42-40-38-36-24-22-20-18-16-14-12-2)58-75-70-62(5)60(3)61(4)67(77-70)59-76-80(71(6,7)8,63-52-46-44-47-53-63)64-54-48-45-49-55-64/h44-50,52-56,60-62,65-67,69-70H,12,14,16,18,20,22,24,36,38,40,42,58-59H2,1-10H3,(H,73,74)/t60-,61+,62?,65-,66+,67?,69-,70-/m0/s1. The third-order valence-corrected chi connectivity index (χ3v) is 18.8. The van der Waals surface area contributed by atoms with Gasteiger partial charge in [0, 0.05) is 47.4 Å². The largest absolute Gasteiger partial charge is 0.405 e. The van der Waals surface area contributed by atoms with E-state index in [2.05, 4.69) is 269 Å². The smallest absolute Gasteiger partial charge is 0.297 e. The van der Waals surface area contributed by atoms with E-state index in [1.165, 1.54) is 68.2 Å². The highest BCUT2D eigenvalue weighted by Gasteiger charge is 2.52. The predicted molar refractivity (Wildman–Crippen MR) is 326 cm³/mol. The van der Waals surface area contributed by atoms with Crippen LogP contribution < -0.4 is 15.7 Å². The van der Waals surface area contributed by atoms with E-state index in [1.54, 1.807) is 6.92 Å². The fourth-order valence-corrected chi connectivity index (χ4v) is 14.1. The molecule has 410 valence electrons. The van der Waals surface area contributed by atoms with Crippen LogP contribution in [0.25, 0.3) is 0 Å². The number of hydrogen-bond acceptors (Lipinski definition) is 6. The molecule has 0 saturated carbocycles. The Hall–Kier alpha value is -7.61. The van der Waals surface area contributed by atoms with Gasteiger partial charge in [0.15, 0.2) is 12.1 Å². The Morgan fingerprint density at radius 3 is 1.54 bits per heavy atom. The highest BCUT2D eigenvalue weighted by molar-refractivity contribution is 6.99. The molecular weight excluding hydrogens is 1000 g/mol. The monoisotopic (exact) mass is 1080 g/mol. The highest BCUT2D eigenvalue weighted by Crippen LogP contribution is 2.40. The van der Waals surface area contributed by atoms with Gasteiger partial charge in [0.2, 0.25) is 0 Å². The lowest BCUT2D eigenvalue weighted by Gasteiger charge is -2.47. The summed E-state index contributed by atoms with van der Waals surface area (Å²) in [6.45, 7) is 21.7. The molecule has 2 unspecified atom stereocenters. The lowest BCUT2D eigenvalue weighted by Crippen LogP contribution is -2.67. The molecule has 1 amide bonds. The molecule has 2 aliphatic rings. The van der Waals surface area contributed by atoms with Crippen LogP contribution in [0.1, 0.15) is 140 Å². The summed E-state index contributed by atoms with van der Waals surface area (Å²) in [5.41, 5.74) is 0. The molecule has 0 spiro atoms. The van der Waals surface area contributed by atoms with Gasteiger partial charge in [-0.15, -0.1) is 0 Å². The van der Waals surface area contributed by atoms with Gasteiger partial charge in [-0.3, -0.25) is 4.79 Å². The predicted octanol–water partition coefficient (Wildman–Crippen LogP) is 10.1. The summed E-state index contributed by atoms with van der Waals surface area (Å²) in [5.74, 6) is 60.7. The second kappa shape index (κ2) is 36.5. The van der Waals surface area contributed by atoms with Gasteiger partial charge in [-0.25, -0.2) is 0 Å². The van der Waals surface area contributed by atoms with Crippen LogP contribution >= 0.6 is 0 Å². The first-order valence-electron chi connectivity index (χ1n) is 28.0. The number of hydrogen-bond donors (Lipinski definition) is 1. The zero-order valence-corrected chi connectivity index (χ0v) is 49.7. The van der Waals surface area contributed by atoms with E-state index in [9.17, 15) is 4.79 Å². The van der Waals surface area contributed by atoms with Crippen molar-refractivity contribution in [2.75, 3.05) is 13.2 Å². The third-order valence-electron chi connectivity index (χ3n) is 13.8. The zero-order chi connectivity index (χ0) is 57.7. The topological polar surface area (TPSA) is 75.3 Å². The zero-order valence-electron chi connectivity index (χ0n) is 48.7. The Bertz CT molecular complexity index is 3130. The van der Waals surface area contributed by atoms with E-state index in [1.807, 2.05) is 13.8 Å². The van der Waals surface area contributed by atoms with Crippen molar-refractivity contribution < 1.29 is 28.2 Å². The summed E-state index contributed by atoms with van der Waals surface area (Å²) in [5, 5.41) is 5.31. The molecule has 4 rings (SSSR count). The van der Waals surface area contributed by atoms with Crippen molar-refractivity contribution in [1.29, 1.82) is 0 Å². The van der Waals surface area contributed by atoms with Crippen LogP contribution in [-0.2, 0) is 28.2 Å². The lowest BCUT2D eigenvalue weighted by atomic mass is 9.79. The molecule has 2 aliphatic heterocycles. The molecule has 2 fully saturated rings. The summed E-state index contributed by atoms with van der Waals surface area (Å²) in [6.07, 6.45) is 16.0. The third kappa shape index (κ3) is 23.0. The van der Waals surface area contributed by atoms with E-state index in [4.69, 9.17) is 23.4 Å². The maximum Gasteiger partial charge on any atom is 0.297 e. The number of carbonyl (C=O) groups excluding carboxylic acids is 1. The molecule has 0 radical (unpaired) electrons. The Morgan fingerprint density at radius 1 is 0.625 bits per heavy atom. The number of benzene rings is 2. The molecule has 0 bridgehead atoms. The van der Waals surface area contributed by atoms with Gasteiger partial charge in [0.05, 0.1) is 25.4 Å². The van der Waals surface area contributed by atoms with Crippen molar-refractivity contribution in [3.05, 3.63) is 72.8 Å². The SMILES string of the molecule is CC#CC#CC#CC#CC#CC#CC#CC#CC#CC#CC#CC#CC(=O)N[C@@H](CO[C@H]1OC(CO[Si](c2ccccc2)(c2ccccc2)C(C)(C)C)[C@H](C)[C@H](C)C1C)[C@@H]1OC(C)(C)O[C@@H]1C=CCCCCCCCCCCCC. The molecule has 2 aromatic carbocycles. The van der Waals surface area contributed by atoms with E-state index in [0.717, 1.165) is 12.8 Å². The summed E-state index contributed by atoms with van der Waals surface area (Å²) < 4.78 is 34.2. The number of unbranched alkanes of at least 4 members (excludes halogenated alkanes) is 10. The van der Waals surface area contributed by atoms with Gasteiger partial charge in [-0.1, -0.05) is 185 Å². The molecule has 8 atom stereocenters. The van der Waals surface area contributed by atoms with Crippen LogP contribution in [0.5, 0.6) is 0 Å². The molecule has 7 nitrogen and oxygen atoms in total. The minimum absolute atomic E-state index is 0.0313. The Balaban J connectivity index is 1.48. The van der Waals surface area contributed by atoms with E-state index >= 15 is 0 Å². The van der Waals surface area contributed by atoms with Crippen LogP contribution in [0.4, 0.5) is 0 Å². The quantitative estimate of drug-likeness (QED) is 0.0548. The van der Waals surface area contributed by atoms with Crippen molar-refractivity contribution in [2.45, 2.75) is 181 Å². The van der Waals surface area contributed by atoms with Crippen molar-refractivity contribution in [1.82, 2.24) is 5.32 Å². The molecule has 0 aromatic heterocycles.